The Morgan fingerprint density at radius 3 is 1.32 bits per heavy atom. The Kier molecular flexibility index (Phi) is 7.36. The van der Waals surface area contributed by atoms with Gasteiger partial charge in [0.05, 0.1) is 22.8 Å². The van der Waals surface area contributed by atoms with Crippen LogP contribution in [0.2, 0.25) is 0 Å². The molecule has 6 heteroatoms. The smallest absolute Gasteiger partial charge is 0.115 e. The van der Waals surface area contributed by atoms with Crippen molar-refractivity contribution >= 4 is 0 Å². The van der Waals surface area contributed by atoms with Crippen molar-refractivity contribution in [2.45, 2.75) is 27.7 Å². The number of phenols is 1. The zero-order valence-corrected chi connectivity index (χ0v) is 18.7. The van der Waals surface area contributed by atoms with Crippen molar-refractivity contribution in [1.29, 1.82) is 0 Å². The van der Waals surface area contributed by atoms with E-state index in [0.29, 0.717) is 5.75 Å². The summed E-state index contributed by atoms with van der Waals surface area (Å²) in [5, 5.41) is 17.8. The Morgan fingerprint density at radius 1 is 0.643 bits per heavy atom. The first-order valence-electron chi connectivity index (χ1n) is 8.86. The first kappa shape index (κ1) is 21.6. The molecule has 0 atom stereocenters. The Balaban J connectivity index is 0.000000298. The molecule has 0 aliphatic heterocycles. The zero-order valence-electron chi connectivity index (χ0n) is 16.4. The normalized spacial score (nSPS) is 10.0. The average Bonchev–Trinajstić information content (AvgIpc) is 3.16. The second kappa shape index (κ2) is 9.52. The number of hydrogen-bond donors (Lipinski definition) is 1. The van der Waals surface area contributed by atoms with Gasteiger partial charge in [-0.3, -0.25) is 0 Å². The monoisotopic (exact) mass is 555 g/mol. The van der Waals surface area contributed by atoms with Gasteiger partial charge in [0.25, 0.3) is 0 Å². The van der Waals surface area contributed by atoms with Gasteiger partial charge in [0.15, 0.2) is 0 Å². The molecule has 28 heavy (non-hydrogen) atoms. The van der Waals surface area contributed by atoms with E-state index in [1.54, 1.807) is 24.3 Å². The summed E-state index contributed by atoms with van der Waals surface area (Å²) in [6.07, 6.45) is 0. The Bertz CT molecular complexity index is 973. The minimum Gasteiger partial charge on any atom is -0.508 e. The molecule has 5 nitrogen and oxygen atoms in total. The van der Waals surface area contributed by atoms with Gasteiger partial charge in [0, 0.05) is 32.5 Å². The molecule has 0 fully saturated rings. The maximum atomic E-state index is 8.63. The molecule has 0 amide bonds. The number of rotatable bonds is 2. The molecule has 0 saturated carbocycles. The van der Waals surface area contributed by atoms with E-state index < -0.39 is 0 Å². The van der Waals surface area contributed by atoms with Crippen LogP contribution in [-0.2, 0) is 21.1 Å². The van der Waals surface area contributed by atoms with Crippen molar-refractivity contribution in [3.05, 3.63) is 89.5 Å². The number of para-hydroxylation sites is 3. The Morgan fingerprint density at radius 2 is 1.04 bits per heavy atom. The SMILES string of the molecule is Cc1cc(C)n(-c2ccccc2-n2nc(C)cc2C)n1.Oc1ccccc1.[Pt]. The molecule has 4 aromatic rings. The predicted octanol–water partition coefficient (Wildman–Crippen LogP) is 4.68. The molecule has 0 radical (unpaired) electrons. The van der Waals surface area contributed by atoms with Gasteiger partial charge < -0.3 is 5.11 Å². The molecular formula is C22H24N4OPt. The van der Waals surface area contributed by atoms with Crippen LogP contribution < -0.4 is 0 Å². The van der Waals surface area contributed by atoms with Gasteiger partial charge in [0.1, 0.15) is 5.75 Å². The topological polar surface area (TPSA) is 55.9 Å². The van der Waals surface area contributed by atoms with E-state index in [4.69, 9.17) is 5.11 Å². The van der Waals surface area contributed by atoms with Crippen molar-refractivity contribution < 1.29 is 26.2 Å². The van der Waals surface area contributed by atoms with Crippen molar-refractivity contribution in [3.63, 3.8) is 0 Å². The third-order valence-electron chi connectivity index (χ3n) is 4.11. The second-order valence-corrected chi connectivity index (χ2v) is 6.50. The van der Waals surface area contributed by atoms with Crippen LogP contribution in [0.3, 0.4) is 0 Å². The molecule has 0 bridgehead atoms. The van der Waals surface area contributed by atoms with Crippen LogP contribution in [0.25, 0.3) is 11.4 Å². The molecule has 0 saturated heterocycles. The van der Waals surface area contributed by atoms with E-state index in [9.17, 15) is 0 Å². The van der Waals surface area contributed by atoms with Gasteiger partial charge in [-0.1, -0.05) is 30.3 Å². The van der Waals surface area contributed by atoms with Crippen LogP contribution in [-0.4, -0.2) is 24.7 Å². The number of aromatic hydroxyl groups is 1. The van der Waals surface area contributed by atoms with E-state index in [0.717, 1.165) is 34.2 Å². The quantitative estimate of drug-likeness (QED) is 0.391. The Hall–Kier alpha value is -2.65. The van der Waals surface area contributed by atoms with E-state index in [1.165, 1.54) is 0 Å². The second-order valence-electron chi connectivity index (χ2n) is 6.50. The van der Waals surface area contributed by atoms with E-state index in [-0.39, 0.29) is 21.1 Å². The maximum absolute atomic E-state index is 8.63. The number of phenolic OH excluding ortho intramolecular Hbond substituents is 1. The summed E-state index contributed by atoms with van der Waals surface area (Å²) in [7, 11) is 0. The maximum Gasteiger partial charge on any atom is 0.115 e. The molecule has 0 aliphatic carbocycles. The fourth-order valence-corrected chi connectivity index (χ4v) is 3.00. The molecule has 0 aliphatic rings. The molecule has 2 heterocycles. The van der Waals surface area contributed by atoms with Crippen LogP contribution in [0.4, 0.5) is 0 Å². The van der Waals surface area contributed by atoms with E-state index in [1.807, 2.05) is 41.4 Å². The largest absolute Gasteiger partial charge is 0.508 e. The molecule has 0 spiro atoms. The molecule has 2 aromatic carbocycles. The average molecular weight is 556 g/mol. The van der Waals surface area contributed by atoms with Gasteiger partial charge in [0.2, 0.25) is 0 Å². The summed E-state index contributed by atoms with van der Waals surface area (Å²) >= 11 is 0. The third-order valence-corrected chi connectivity index (χ3v) is 4.11. The van der Waals surface area contributed by atoms with Crippen molar-refractivity contribution in [2.75, 3.05) is 0 Å². The molecule has 0 unspecified atom stereocenters. The van der Waals surface area contributed by atoms with Gasteiger partial charge in [-0.15, -0.1) is 0 Å². The number of hydrogen-bond acceptors (Lipinski definition) is 3. The summed E-state index contributed by atoms with van der Waals surface area (Å²) in [5.74, 6) is 0.322. The number of aryl methyl sites for hydroxylation is 4. The summed E-state index contributed by atoms with van der Waals surface area (Å²) in [6.45, 7) is 8.15. The van der Waals surface area contributed by atoms with Gasteiger partial charge in [-0.2, -0.15) is 10.2 Å². The summed E-state index contributed by atoms with van der Waals surface area (Å²) < 4.78 is 3.95. The van der Waals surface area contributed by atoms with E-state index in [2.05, 4.69) is 48.3 Å². The number of benzene rings is 2. The van der Waals surface area contributed by atoms with Crippen LogP contribution in [0.1, 0.15) is 22.8 Å². The van der Waals surface area contributed by atoms with Crippen molar-refractivity contribution in [1.82, 2.24) is 19.6 Å². The van der Waals surface area contributed by atoms with Gasteiger partial charge in [-0.05, 0) is 64.1 Å². The fraction of sp³-hybridized carbons (Fsp3) is 0.182. The molecule has 2 aromatic heterocycles. The van der Waals surface area contributed by atoms with E-state index >= 15 is 0 Å². The minimum absolute atomic E-state index is 0. The van der Waals surface area contributed by atoms with Crippen molar-refractivity contribution in [2.24, 2.45) is 0 Å². The summed E-state index contributed by atoms with van der Waals surface area (Å²) in [6, 6.07) is 21.1. The van der Waals surface area contributed by atoms with Crippen LogP contribution in [0, 0.1) is 27.7 Å². The van der Waals surface area contributed by atoms with Gasteiger partial charge in [-0.25, -0.2) is 9.36 Å². The number of nitrogens with zero attached hydrogens (tertiary/aromatic N) is 4. The molecule has 1 N–H and O–H groups in total. The minimum atomic E-state index is 0. The Labute approximate surface area is 179 Å². The van der Waals surface area contributed by atoms with Crippen LogP contribution >= 0.6 is 0 Å². The standard InChI is InChI=1S/C16H18N4.C6H6O.Pt/c1-11-9-13(3)19(17-11)15-7-5-6-8-16(15)20-14(4)10-12(2)18-20;7-6-4-2-1-3-5-6;/h5-10H,1-4H3;1-5,7H;. The van der Waals surface area contributed by atoms with Gasteiger partial charge >= 0.3 is 0 Å². The molecule has 148 valence electrons. The molecule has 4 rings (SSSR count). The third kappa shape index (κ3) is 4.99. The first-order chi connectivity index (χ1) is 13.0. The molecular weight excluding hydrogens is 531 g/mol. The summed E-state index contributed by atoms with van der Waals surface area (Å²) in [4.78, 5) is 0. The predicted molar refractivity (Wildman–Crippen MR) is 108 cm³/mol. The van der Waals surface area contributed by atoms with Crippen LogP contribution in [0.15, 0.2) is 66.7 Å². The van der Waals surface area contributed by atoms with Crippen molar-refractivity contribution in [3.8, 4) is 17.1 Å². The number of aromatic nitrogens is 4. The zero-order chi connectivity index (χ0) is 19.4. The fourth-order valence-electron chi connectivity index (χ4n) is 3.00. The van der Waals surface area contributed by atoms with Crippen LogP contribution in [0.5, 0.6) is 5.75 Å². The summed E-state index contributed by atoms with van der Waals surface area (Å²) in [5.41, 5.74) is 6.37. The first-order valence-corrected chi connectivity index (χ1v) is 8.86.